The maximum Gasteiger partial charge on any atom is 0.260 e. The molecule has 1 aliphatic rings. The largest absolute Gasteiger partial charge is 0.492 e. The van der Waals surface area contributed by atoms with Gasteiger partial charge in [-0.05, 0) is 43.5 Å². The minimum absolute atomic E-state index is 0.0360. The third-order valence-electron chi connectivity index (χ3n) is 4.59. The topological polar surface area (TPSA) is 67.9 Å². The highest BCUT2D eigenvalue weighted by Gasteiger charge is 2.18. The fourth-order valence-electron chi connectivity index (χ4n) is 3.10. The first-order valence-corrected chi connectivity index (χ1v) is 9.70. The van der Waals surface area contributed by atoms with Crippen molar-refractivity contribution >= 4 is 11.8 Å². The molecular weight excluding hydrogens is 356 g/mol. The lowest BCUT2D eigenvalue weighted by atomic mass is 10.1. The Morgan fingerprint density at radius 1 is 0.893 bits per heavy atom. The molecule has 1 heterocycles. The summed E-state index contributed by atoms with van der Waals surface area (Å²) in [5, 5.41) is 2.82. The normalized spacial score (nSPS) is 13.6. The smallest absolute Gasteiger partial charge is 0.260 e. The van der Waals surface area contributed by atoms with Crippen LogP contribution in [-0.2, 0) is 4.79 Å². The van der Waals surface area contributed by atoms with Crippen LogP contribution in [0.4, 0.5) is 0 Å². The molecule has 0 aromatic heterocycles. The predicted octanol–water partition coefficient (Wildman–Crippen LogP) is 2.89. The van der Waals surface area contributed by atoms with E-state index in [1.54, 1.807) is 24.3 Å². The Balaban J connectivity index is 1.48. The molecule has 0 atom stereocenters. The fraction of sp³-hybridized carbons (Fsp3) is 0.364. The molecule has 0 aliphatic carbocycles. The average molecular weight is 382 g/mol. The molecule has 2 amide bonds. The number of amides is 2. The van der Waals surface area contributed by atoms with Crippen LogP contribution in [0.1, 0.15) is 29.6 Å². The molecule has 0 saturated carbocycles. The van der Waals surface area contributed by atoms with Gasteiger partial charge in [-0.15, -0.1) is 0 Å². The number of nitrogens with one attached hydrogen (secondary N) is 1. The van der Waals surface area contributed by atoms with Crippen molar-refractivity contribution in [3.8, 4) is 11.5 Å². The van der Waals surface area contributed by atoms with Crippen molar-refractivity contribution in [2.45, 2.75) is 19.3 Å². The van der Waals surface area contributed by atoms with E-state index in [9.17, 15) is 9.59 Å². The molecule has 3 rings (SSSR count). The van der Waals surface area contributed by atoms with Crippen molar-refractivity contribution in [1.82, 2.24) is 10.2 Å². The molecule has 1 aliphatic heterocycles. The number of likely N-dealkylation sites (tertiary alicyclic amines) is 1. The van der Waals surface area contributed by atoms with E-state index in [-0.39, 0.29) is 18.4 Å². The highest BCUT2D eigenvalue weighted by atomic mass is 16.5. The number of carbonyl (C=O) groups excluding carboxylic acids is 2. The number of piperidine rings is 1. The van der Waals surface area contributed by atoms with Gasteiger partial charge in [0, 0.05) is 13.1 Å². The summed E-state index contributed by atoms with van der Waals surface area (Å²) >= 11 is 0. The van der Waals surface area contributed by atoms with Crippen LogP contribution in [0.3, 0.4) is 0 Å². The van der Waals surface area contributed by atoms with Crippen LogP contribution >= 0.6 is 0 Å². The molecule has 2 aromatic carbocycles. The Kier molecular flexibility index (Phi) is 7.29. The lowest BCUT2D eigenvalue weighted by Gasteiger charge is -2.26. The van der Waals surface area contributed by atoms with Gasteiger partial charge in [0.05, 0.1) is 12.1 Å². The standard InChI is InChI=1S/C22H26N2O4/c25-21(24-14-7-2-8-15-24)17-28-20-12-6-5-11-19(20)22(26)23-13-16-27-18-9-3-1-4-10-18/h1,3-6,9-12H,2,7-8,13-17H2,(H,23,26). The molecule has 6 nitrogen and oxygen atoms in total. The Labute approximate surface area is 165 Å². The van der Waals surface area contributed by atoms with Gasteiger partial charge in [0.15, 0.2) is 6.61 Å². The SMILES string of the molecule is O=C(NCCOc1ccccc1)c1ccccc1OCC(=O)N1CCCCC1. The minimum atomic E-state index is -0.252. The van der Waals surface area contributed by atoms with Crippen LogP contribution in [0.15, 0.2) is 54.6 Å². The van der Waals surface area contributed by atoms with Crippen LogP contribution in [0.25, 0.3) is 0 Å². The maximum atomic E-state index is 12.5. The molecule has 1 fully saturated rings. The van der Waals surface area contributed by atoms with E-state index >= 15 is 0 Å². The summed E-state index contributed by atoms with van der Waals surface area (Å²) in [6.45, 7) is 2.25. The van der Waals surface area contributed by atoms with E-state index in [0.717, 1.165) is 31.7 Å². The number of benzene rings is 2. The molecule has 0 bridgehead atoms. The number of rotatable bonds is 8. The lowest BCUT2D eigenvalue weighted by Crippen LogP contribution is -2.38. The van der Waals surface area contributed by atoms with E-state index in [0.29, 0.717) is 24.5 Å². The van der Waals surface area contributed by atoms with Crippen LogP contribution in [0, 0.1) is 0 Å². The van der Waals surface area contributed by atoms with E-state index in [4.69, 9.17) is 9.47 Å². The number of nitrogens with zero attached hydrogens (tertiary/aromatic N) is 1. The average Bonchev–Trinajstić information content (AvgIpc) is 2.76. The van der Waals surface area contributed by atoms with Gasteiger partial charge in [0.25, 0.3) is 11.8 Å². The minimum Gasteiger partial charge on any atom is -0.492 e. The first kappa shape index (κ1) is 19.7. The summed E-state index contributed by atoms with van der Waals surface area (Å²) in [6.07, 6.45) is 3.24. The quantitative estimate of drug-likeness (QED) is 0.713. The van der Waals surface area contributed by atoms with E-state index in [2.05, 4.69) is 5.32 Å². The second-order valence-corrected chi connectivity index (χ2v) is 6.64. The molecule has 28 heavy (non-hydrogen) atoms. The van der Waals surface area contributed by atoms with Crippen molar-refractivity contribution < 1.29 is 19.1 Å². The lowest BCUT2D eigenvalue weighted by molar-refractivity contribution is -0.134. The highest BCUT2D eigenvalue weighted by molar-refractivity contribution is 5.97. The predicted molar refractivity (Wildman–Crippen MR) is 107 cm³/mol. The van der Waals surface area contributed by atoms with Crippen LogP contribution in [-0.4, -0.2) is 49.6 Å². The van der Waals surface area contributed by atoms with Gasteiger partial charge in [-0.25, -0.2) is 0 Å². The van der Waals surface area contributed by atoms with Gasteiger partial charge >= 0.3 is 0 Å². The summed E-state index contributed by atoms with van der Waals surface area (Å²) in [5.41, 5.74) is 0.411. The van der Waals surface area contributed by atoms with Gasteiger partial charge in [0.2, 0.25) is 0 Å². The molecule has 1 N–H and O–H groups in total. The van der Waals surface area contributed by atoms with E-state index in [1.165, 1.54) is 6.42 Å². The number of ether oxygens (including phenoxy) is 2. The number of hydrogen-bond acceptors (Lipinski definition) is 4. The third-order valence-corrected chi connectivity index (χ3v) is 4.59. The number of hydrogen-bond donors (Lipinski definition) is 1. The summed E-state index contributed by atoms with van der Waals surface area (Å²) in [7, 11) is 0. The van der Waals surface area contributed by atoms with Crippen molar-refractivity contribution in [2.75, 3.05) is 32.8 Å². The second-order valence-electron chi connectivity index (χ2n) is 6.64. The Bertz CT molecular complexity index is 773. The van der Waals surface area contributed by atoms with Gasteiger partial charge in [-0.3, -0.25) is 9.59 Å². The Morgan fingerprint density at radius 2 is 1.61 bits per heavy atom. The van der Waals surface area contributed by atoms with Crippen molar-refractivity contribution in [3.05, 3.63) is 60.2 Å². The maximum absolute atomic E-state index is 12.5. The zero-order valence-electron chi connectivity index (χ0n) is 15.9. The summed E-state index contributed by atoms with van der Waals surface area (Å²) in [6, 6.07) is 16.4. The van der Waals surface area contributed by atoms with Gasteiger partial charge in [-0.1, -0.05) is 30.3 Å². The summed E-state index contributed by atoms with van der Waals surface area (Å²) in [4.78, 5) is 26.6. The van der Waals surface area contributed by atoms with Gasteiger partial charge in [-0.2, -0.15) is 0 Å². The fourth-order valence-corrected chi connectivity index (χ4v) is 3.10. The molecule has 6 heteroatoms. The molecule has 2 aromatic rings. The first-order chi connectivity index (χ1) is 13.7. The van der Waals surface area contributed by atoms with Gasteiger partial charge in [0.1, 0.15) is 18.1 Å². The zero-order valence-corrected chi connectivity index (χ0v) is 15.9. The molecular formula is C22H26N2O4. The summed E-state index contributed by atoms with van der Waals surface area (Å²) < 4.78 is 11.2. The van der Waals surface area contributed by atoms with E-state index in [1.807, 2.05) is 35.2 Å². The molecule has 148 valence electrons. The van der Waals surface area contributed by atoms with E-state index < -0.39 is 0 Å². The van der Waals surface area contributed by atoms with Crippen molar-refractivity contribution in [2.24, 2.45) is 0 Å². The van der Waals surface area contributed by atoms with Crippen molar-refractivity contribution in [1.29, 1.82) is 0 Å². The molecule has 0 unspecified atom stereocenters. The Morgan fingerprint density at radius 3 is 2.39 bits per heavy atom. The Hall–Kier alpha value is -3.02. The third kappa shape index (κ3) is 5.74. The van der Waals surface area contributed by atoms with Crippen molar-refractivity contribution in [3.63, 3.8) is 0 Å². The van der Waals surface area contributed by atoms with Crippen LogP contribution < -0.4 is 14.8 Å². The summed E-state index contributed by atoms with van der Waals surface area (Å²) in [5.74, 6) is 0.884. The molecule has 0 radical (unpaired) electrons. The zero-order chi connectivity index (χ0) is 19.6. The first-order valence-electron chi connectivity index (χ1n) is 9.70. The molecule has 1 saturated heterocycles. The van der Waals surface area contributed by atoms with Gasteiger partial charge < -0.3 is 19.7 Å². The van der Waals surface area contributed by atoms with Crippen LogP contribution in [0.2, 0.25) is 0 Å². The monoisotopic (exact) mass is 382 g/mol. The number of para-hydroxylation sites is 2. The highest BCUT2D eigenvalue weighted by Crippen LogP contribution is 2.18. The molecule has 0 spiro atoms. The number of carbonyl (C=O) groups is 2. The van der Waals surface area contributed by atoms with Crippen LogP contribution in [0.5, 0.6) is 11.5 Å². The second kappa shape index (κ2) is 10.3.